The number of methoxy groups -OCH3 is 2. The van der Waals surface area contributed by atoms with Crippen molar-refractivity contribution in [3.05, 3.63) is 41.4 Å². The summed E-state index contributed by atoms with van der Waals surface area (Å²) in [6, 6.07) is 8.20. The summed E-state index contributed by atoms with van der Waals surface area (Å²) in [5.41, 5.74) is 0.0460. The predicted molar refractivity (Wildman–Crippen MR) is 111 cm³/mol. The molecule has 1 fully saturated rings. The Morgan fingerprint density at radius 3 is 2.17 bits per heavy atom. The molecule has 164 valence electrons. The Hall–Kier alpha value is -2.05. The zero-order chi connectivity index (χ0) is 21.9. The SMILES string of the molecule is COc1ccc(Cl)cc1S(=O)(=O)Nc1ccc(OC)c(S(=O)(=O)N2CCOCC2)c1. The van der Waals surface area contributed by atoms with E-state index in [-0.39, 0.29) is 58.3 Å². The van der Waals surface area contributed by atoms with Crippen molar-refractivity contribution in [2.45, 2.75) is 9.79 Å². The molecule has 1 saturated heterocycles. The smallest absolute Gasteiger partial charge is 0.265 e. The highest BCUT2D eigenvalue weighted by Crippen LogP contribution is 2.33. The fraction of sp³-hybridized carbons (Fsp3) is 0.333. The van der Waals surface area contributed by atoms with Gasteiger partial charge in [-0.05, 0) is 36.4 Å². The van der Waals surface area contributed by atoms with E-state index in [1.54, 1.807) is 0 Å². The first-order valence-electron chi connectivity index (χ1n) is 8.81. The van der Waals surface area contributed by atoms with Gasteiger partial charge in [0.1, 0.15) is 21.3 Å². The number of nitrogens with one attached hydrogen (secondary N) is 1. The van der Waals surface area contributed by atoms with Crippen molar-refractivity contribution >= 4 is 37.3 Å². The average Bonchev–Trinajstić information content (AvgIpc) is 2.74. The molecule has 0 atom stereocenters. The molecular formula is C18H21ClN2O7S2. The summed E-state index contributed by atoms with van der Waals surface area (Å²) >= 11 is 5.93. The quantitative estimate of drug-likeness (QED) is 0.651. The number of halogens is 1. The fourth-order valence-electron chi connectivity index (χ4n) is 2.94. The minimum Gasteiger partial charge on any atom is -0.495 e. The van der Waals surface area contributed by atoms with Gasteiger partial charge in [-0.15, -0.1) is 0 Å². The van der Waals surface area contributed by atoms with Crippen molar-refractivity contribution in [2.24, 2.45) is 0 Å². The fourth-order valence-corrected chi connectivity index (χ4v) is 6.01. The van der Waals surface area contributed by atoms with Gasteiger partial charge in [0.05, 0.1) is 33.1 Å². The number of nitrogens with zero attached hydrogens (tertiary/aromatic N) is 1. The Morgan fingerprint density at radius 1 is 0.933 bits per heavy atom. The molecule has 0 spiro atoms. The summed E-state index contributed by atoms with van der Waals surface area (Å²) in [5, 5.41) is 0.210. The van der Waals surface area contributed by atoms with Crippen LogP contribution in [0.4, 0.5) is 5.69 Å². The monoisotopic (exact) mass is 476 g/mol. The maximum atomic E-state index is 13.1. The zero-order valence-corrected chi connectivity index (χ0v) is 18.7. The van der Waals surface area contributed by atoms with E-state index in [9.17, 15) is 16.8 Å². The van der Waals surface area contributed by atoms with Gasteiger partial charge < -0.3 is 14.2 Å². The molecule has 0 aromatic heterocycles. The number of hydrogen-bond donors (Lipinski definition) is 1. The lowest BCUT2D eigenvalue weighted by molar-refractivity contribution is 0.0729. The van der Waals surface area contributed by atoms with Crippen molar-refractivity contribution in [1.82, 2.24) is 4.31 Å². The first-order valence-corrected chi connectivity index (χ1v) is 12.1. The average molecular weight is 477 g/mol. The molecule has 9 nitrogen and oxygen atoms in total. The number of ether oxygens (including phenoxy) is 3. The number of hydrogen-bond acceptors (Lipinski definition) is 7. The lowest BCUT2D eigenvalue weighted by atomic mass is 10.3. The maximum Gasteiger partial charge on any atom is 0.265 e. The van der Waals surface area contributed by atoms with Crippen LogP contribution >= 0.6 is 11.6 Å². The maximum absolute atomic E-state index is 13.1. The minimum atomic E-state index is -4.11. The van der Waals surface area contributed by atoms with Crippen LogP contribution in [0.2, 0.25) is 5.02 Å². The second-order valence-electron chi connectivity index (χ2n) is 6.28. The molecule has 0 saturated carbocycles. The second kappa shape index (κ2) is 8.98. The van der Waals surface area contributed by atoms with Crippen molar-refractivity contribution < 1.29 is 31.0 Å². The number of morpholine rings is 1. The molecule has 1 N–H and O–H groups in total. The van der Waals surface area contributed by atoms with Gasteiger partial charge in [0.2, 0.25) is 10.0 Å². The lowest BCUT2D eigenvalue weighted by Gasteiger charge is -2.26. The van der Waals surface area contributed by atoms with Gasteiger partial charge in [0, 0.05) is 18.1 Å². The summed E-state index contributed by atoms with van der Waals surface area (Å²) in [7, 11) is -5.36. The van der Waals surface area contributed by atoms with E-state index >= 15 is 0 Å². The van der Waals surface area contributed by atoms with E-state index in [4.69, 9.17) is 25.8 Å². The van der Waals surface area contributed by atoms with Gasteiger partial charge in [-0.3, -0.25) is 4.72 Å². The van der Waals surface area contributed by atoms with E-state index < -0.39 is 20.0 Å². The molecule has 2 aromatic carbocycles. The molecule has 0 bridgehead atoms. The minimum absolute atomic E-state index is 0.0460. The summed E-state index contributed by atoms with van der Waals surface area (Å²) < 4.78 is 71.1. The van der Waals surface area contributed by atoms with Crippen molar-refractivity contribution in [1.29, 1.82) is 0 Å². The third kappa shape index (κ3) is 4.65. The van der Waals surface area contributed by atoms with Gasteiger partial charge in [-0.25, -0.2) is 16.8 Å². The van der Waals surface area contributed by atoms with Crippen molar-refractivity contribution in [2.75, 3.05) is 45.2 Å². The van der Waals surface area contributed by atoms with E-state index in [0.29, 0.717) is 0 Å². The van der Waals surface area contributed by atoms with Crippen LogP contribution in [0.1, 0.15) is 0 Å². The summed E-state index contributed by atoms with van der Waals surface area (Å²) in [6.07, 6.45) is 0. The second-order valence-corrected chi connectivity index (χ2v) is 10.3. The van der Waals surface area contributed by atoms with Crippen LogP contribution in [0.15, 0.2) is 46.2 Å². The highest BCUT2D eigenvalue weighted by atomic mass is 35.5. The van der Waals surface area contributed by atoms with Gasteiger partial charge in [-0.1, -0.05) is 11.6 Å². The predicted octanol–water partition coefficient (Wildman–Crippen LogP) is 2.18. The van der Waals surface area contributed by atoms with Gasteiger partial charge >= 0.3 is 0 Å². The third-order valence-corrected chi connectivity index (χ3v) is 7.98. The van der Waals surface area contributed by atoms with Crippen LogP contribution in [-0.4, -0.2) is 61.7 Å². The topological polar surface area (TPSA) is 111 Å². The molecule has 2 aromatic rings. The molecule has 1 aliphatic rings. The molecular weight excluding hydrogens is 456 g/mol. The molecule has 1 aliphatic heterocycles. The highest BCUT2D eigenvalue weighted by molar-refractivity contribution is 7.92. The molecule has 30 heavy (non-hydrogen) atoms. The number of rotatable bonds is 7. The van der Waals surface area contributed by atoms with E-state index in [0.717, 1.165) is 0 Å². The van der Waals surface area contributed by atoms with E-state index in [2.05, 4.69) is 4.72 Å². The highest BCUT2D eigenvalue weighted by Gasteiger charge is 2.30. The van der Waals surface area contributed by atoms with Crippen LogP contribution in [0, 0.1) is 0 Å². The zero-order valence-electron chi connectivity index (χ0n) is 16.3. The summed E-state index contributed by atoms with van der Waals surface area (Å²) in [4.78, 5) is -0.323. The Kier molecular flexibility index (Phi) is 6.78. The molecule has 3 rings (SSSR count). The first-order chi connectivity index (χ1) is 14.2. The Morgan fingerprint density at radius 2 is 1.53 bits per heavy atom. The first kappa shape index (κ1) is 22.6. The molecule has 0 aliphatic carbocycles. The van der Waals surface area contributed by atoms with Crippen molar-refractivity contribution in [3.8, 4) is 11.5 Å². The van der Waals surface area contributed by atoms with Gasteiger partial charge in [0.25, 0.3) is 10.0 Å². The Balaban J connectivity index is 2.00. The van der Waals surface area contributed by atoms with Gasteiger partial charge in [-0.2, -0.15) is 4.31 Å². The molecule has 0 amide bonds. The van der Waals surface area contributed by atoms with Crippen LogP contribution in [-0.2, 0) is 24.8 Å². The summed E-state index contributed by atoms with van der Waals surface area (Å²) in [5.74, 6) is 0.200. The van der Waals surface area contributed by atoms with Crippen LogP contribution in [0.5, 0.6) is 11.5 Å². The van der Waals surface area contributed by atoms with Crippen LogP contribution in [0.3, 0.4) is 0 Å². The van der Waals surface area contributed by atoms with Crippen LogP contribution in [0.25, 0.3) is 0 Å². The molecule has 1 heterocycles. The largest absolute Gasteiger partial charge is 0.495 e. The number of benzene rings is 2. The summed E-state index contributed by atoms with van der Waals surface area (Å²) in [6.45, 7) is 0.952. The normalized spacial score (nSPS) is 15.6. The number of sulfonamides is 2. The lowest BCUT2D eigenvalue weighted by Crippen LogP contribution is -2.40. The Labute approximate surface area is 180 Å². The molecule has 12 heteroatoms. The van der Waals surface area contributed by atoms with Crippen molar-refractivity contribution in [3.63, 3.8) is 0 Å². The molecule has 0 radical (unpaired) electrons. The third-order valence-electron chi connectivity index (χ3n) is 4.42. The van der Waals surface area contributed by atoms with Gasteiger partial charge in [0.15, 0.2) is 0 Å². The van der Waals surface area contributed by atoms with Crippen LogP contribution < -0.4 is 14.2 Å². The Bertz CT molecular complexity index is 1130. The molecule has 0 unspecified atom stereocenters. The number of anilines is 1. The standard InChI is InChI=1S/C18H21ClN2O7S2/c1-26-15-5-3-13(19)11-17(15)29(22,23)20-14-4-6-16(27-2)18(12-14)30(24,25)21-7-9-28-10-8-21/h3-6,11-12,20H,7-10H2,1-2H3. The van der Waals surface area contributed by atoms with E-state index in [1.165, 1.54) is 54.9 Å². The van der Waals surface area contributed by atoms with E-state index in [1.807, 2.05) is 0 Å².